The molecular formula is C16H9F4NO4S. The summed E-state index contributed by atoms with van der Waals surface area (Å²) < 4.78 is 83.5. The molecule has 0 aromatic heterocycles. The molecule has 1 unspecified atom stereocenters. The maximum Gasteiger partial charge on any atom is 0.379 e. The van der Waals surface area contributed by atoms with E-state index in [2.05, 4.69) is 0 Å². The van der Waals surface area contributed by atoms with E-state index in [0.717, 1.165) is 30.3 Å². The van der Waals surface area contributed by atoms with Crippen molar-refractivity contribution in [3.63, 3.8) is 0 Å². The summed E-state index contributed by atoms with van der Waals surface area (Å²) in [4.78, 5) is -0.896. The van der Waals surface area contributed by atoms with Gasteiger partial charge in [0, 0.05) is 17.2 Å². The van der Waals surface area contributed by atoms with E-state index in [0.29, 0.717) is 0 Å². The van der Waals surface area contributed by atoms with Crippen molar-refractivity contribution in [1.29, 1.82) is 5.26 Å². The number of ether oxygens (including phenoxy) is 1. The van der Waals surface area contributed by atoms with Crippen molar-refractivity contribution in [2.24, 2.45) is 0 Å². The number of hydrogen-bond donors (Lipinski definition) is 1. The molecule has 0 fully saturated rings. The molecule has 136 valence electrons. The molecule has 1 aliphatic heterocycles. The maximum absolute atomic E-state index is 13.8. The quantitative estimate of drug-likeness (QED) is 0.816. The van der Waals surface area contributed by atoms with Gasteiger partial charge in [-0.3, -0.25) is 0 Å². The molecule has 1 aliphatic rings. The number of alkyl halides is 3. The molecule has 5 nitrogen and oxygen atoms in total. The van der Waals surface area contributed by atoms with Gasteiger partial charge in [-0.1, -0.05) is 0 Å². The van der Waals surface area contributed by atoms with Gasteiger partial charge >= 0.3 is 5.25 Å². The standard InChI is InChI=1S/C16H9F4NO4S/c17-6-11-12(25-10-4-8(7-21)3-9(18)5-10)1-2-13-14(11)15(22)16(19,20)26(13,23)24/h1-5,15,22H,6H2. The van der Waals surface area contributed by atoms with Crippen LogP contribution in [0.4, 0.5) is 17.6 Å². The molecule has 1 heterocycles. The first-order valence-electron chi connectivity index (χ1n) is 7.04. The third-order valence-electron chi connectivity index (χ3n) is 3.88. The van der Waals surface area contributed by atoms with E-state index in [4.69, 9.17) is 10.00 Å². The van der Waals surface area contributed by atoms with Crippen molar-refractivity contribution in [2.75, 3.05) is 0 Å². The Hall–Kier alpha value is -2.64. The normalized spacial score (nSPS) is 19.6. The average molecular weight is 387 g/mol. The van der Waals surface area contributed by atoms with Gasteiger partial charge in [0.05, 0.1) is 16.5 Å². The first kappa shape index (κ1) is 18.2. The third kappa shape index (κ3) is 2.51. The molecule has 2 aromatic rings. The van der Waals surface area contributed by atoms with Crippen LogP contribution >= 0.6 is 0 Å². The molecule has 0 aliphatic carbocycles. The highest BCUT2D eigenvalue weighted by Gasteiger charge is 2.61. The van der Waals surface area contributed by atoms with Crippen molar-refractivity contribution >= 4 is 9.84 Å². The molecule has 0 spiro atoms. The Labute approximate surface area is 145 Å². The summed E-state index contributed by atoms with van der Waals surface area (Å²) in [5, 5.41) is 14.0. The smallest absolute Gasteiger partial charge is 0.379 e. The first-order valence-corrected chi connectivity index (χ1v) is 8.52. The van der Waals surface area contributed by atoms with Crippen LogP contribution in [0.1, 0.15) is 22.8 Å². The van der Waals surface area contributed by atoms with E-state index in [1.807, 2.05) is 0 Å². The van der Waals surface area contributed by atoms with Crippen molar-refractivity contribution in [1.82, 2.24) is 0 Å². The Balaban J connectivity index is 2.15. The number of nitriles is 1. The predicted octanol–water partition coefficient (Wildman–Crippen LogP) is 3.37. The number of nitrogens with zero attached hydrogens (tertiary/aromatic N) is 1. The van der Waals surface area contributed by atoms with Gasteiger partial charge < -0.3 is 9.84 Å². The fraction of sp³-hybridized carbons (Fsp3) is 0.188. The molecule has 2 aromatic carbocycles. The van der Waals surface area contributed by atoms with Crippen LogP contribution in [0.2, 0.25) is 0 Å². The lowest BCUT2D eigenvalue weighted by atomic mass is 10.0. The molecule has 0 bridgehead atoms. The van der Waals surface area contributed by atoms with Crippen LogP contribution in [-0.2, 0) is 16.5 Å². The van der Waals surface area contributed by atoms with E-state index in [-0.39, 0.29) is 17.1 Å². The minimum Gasteiger partial charge on any atom is -0.457 e. The monoisotopic (exact) mass is 387 g/mol. The Morgan fingerprint density at radius 3 is 2.58 bits per heavy atom. The molecule has 26 heavy (non-hydrogen) atoms. The second kappa shape index (κ2) is 5.96. The zero-order valence-corrected chi connectivity index (χ0v) is 13.5. The lowest BCUT2D eigenvalue weighted by Gasteiger charge is -2.15. The summed E-state index contributed by atoms with van der Waals surface area (Å²) in [5.74, 6) is -1.43. The molecule has 1 N–H and O–H groups in total. The van der Waals surface area contributed by atoms with Gasteiger partial charge in [-0.25, -0.2) is 17.2 Å². The Bertz CT molecular complexity index is 1050. The molecule has 0 saturated carbocycles. The van der Waals surface area contributed by atoms with Crippen molar-refractivity contribution < 1.29 is 35.8 Å². The largest absolute Gasteiger partial charge is 0.457 e. The Morgan fingerprint density at radius 1 is 1.27 bits per heavy atom. The predicted molar refractivity (Wildman–Crippen MR) is 79.5 cm³/mol. The lowest BCUT2D eigenvalue weighted by Crippen LogP contribution is -2.28. The highest BCUT2D eigenvalue weighted by atomic mass is 32.2. The van der Waals surface area contributed by atoms with Gasteiger partial charge in [0.2, 0.25) is 9.84 Å². The minimum absolute atomic E-state index is 0.0999. The topological polar surface area (TPSA) is 87.4 Å². The summed E-state index contributed by atoms with van der Waals surface area (Å²) in [7, 11) is -5.18. The van der Waals surface area contributed by atoms with Crippen LogP contribution in [0.15, 0.2) is 35.2 Å². The van der Waals surface area contributed by atoms with Gasteiger partial charge in [0.15, 0.2) is 6.10 Å². The van der Waals surface area contributed by atoms with E-state index in [1.54, 1.807) is 6.07 Å². The van der Waals surface area contributed by atoms with E-state index in [9.17, 15) is 31.1 Å². The van der Waals surface area contributed by atoms with Crippen molar-refractivity contribution in [3.8, 4) is 17.6 Å². The highest BCUT2D eigenvalue weighted by molar-refractivity contribution is 7.92. The van der Waals surface area contributed by atoms with Crippen LogP contribution in [0.5, 0.6) is 11.5 Å². The first-order chi connectivity index (χ1) is 12.1. The summed E-state index contributed by atoms with van der Waals surface area (Å²) in [6, 6.07) is 6.28. The Kier molecular flexibility index (Phi) is 4.17. The summed E-state index contributed by atoms with van der Waals surface area (Å²) >= 11 is 0. The summed E-state index contributed by atoms with van der Waals surface area (Å²) in [6.07, 6.45) is -2.76. The second-order valence-corrected chi connectivity index (χ2v) is 7.44. The van der Waals surface area contributed by atoms with E-state index in [1.165, 1.54) is 0 Å². The van der Waals surface area contributed by atoms with Gasteiger partial charge in [-0.15, -0.1) is 0 Å². The van der Waals surface area contributed by atoms with Crippen LogP contribution in [0, 0.1) is 17.1 Å². The molecule has 10 heteroatoms. The second-order valence-electron chi connectivity index (χ2n) is 5.44. The third-order valence-corrected chi connectivity index (χ3v) is 5.75. The van der Waals surface area contributed by atoms with Gasteiger partial charge in [0.25, 0.3) is 0 Å². The number of fused-ring (bicyclic) bond motifs is 1. The highest BCUT2D eigenvalue weighted by Crippen LogP contribution is 2.52. The van der Waals surface area contributed by atoms with Gasteiger partial charge in [-0.2, -0.15) is 14.0 Å². The van der Waals surface area contributed by atoms with Gasteiger partial charge in [-0.05, 0) is 24.3 Å². The number of rotatable bonds is 3. The molecule has 1 atom stereocenters. The minimum atomic E-state index is -5.18. The average Bonchev–Trinajstić information content (AvgIpc) is 2.72. The number of hydrogen-bond acceptors (Lipinski definition) is 5. The molecule has 0 amide bonds. The SMILES string of the molecule is N#Cc1cc(F)cc(Oc2ccc3c(c2CF)C(O)C(F)(F)S3(=O)=O)c1. The fourth-order valence-electron chi connectivity index (χ4n) is 2.67. The summed E-state index contributed by atoms with van der Waals surface area (Å²) in [6.45, 7) is -1.42. The molecule has 0 radical (unpaired) electrons. The zero-order chi connectivity index (χ0) is 19.3. The number of halogens is 4. The van der Waals surface area contributed by atoms with Crippen LogP contribution in [0.3, 0.4) is 0 Å². The Morgan fingerprint density at radius 2 is 1.96 bits per heavy atom. The fourth-order valence-corrected chi connectivity index (χ4v) is 4.14. The maximum atomic E-state index is 13.8. The van der Waals surface area contributed by atoms with E-state index < -0.39 is 49.7 Å². The number of aliphatic hydroxyl groups is 1. The van der Waals surface area contributed by atoms with Gasteiger partial charge in [0.1, 0.15) is 24.0 Å². The number of aliphatic hydroxyl groups excluding tert-OH is 1. The molecular weight excluding hydrogens is 378 g/mol. The van der Waals surface area contributed by atoms with Crippen molar-refractivity contribution in [3.05, 3.63) is 52.8 Å². The molecule has 0 saturated heterocycles. The number of benzene rings is 2. The zero-order valence-electron chi connectivity index (χ0n) is 12.7. The van der Waals surface area contributed by atoms with E-state index >= 15 is 0 Å². The van der Waals surface area contributed by atoms with Crippen LogP contribution in [0.25, 0.3) is 0 Å². The summed E-state index contributed by atoms with van der Waals surface area (Å²) in [5.41, 5.74) is -1.50. The lowest BCUT2D eigenvalue weighted by molar-refractivity contribution is -0.0381. The van der Waals surface area contributed by atoms with Crippen LogP contribution < -0.4 is 4.74 Å². The van der Waals surface area contributed by atoms with Crippen LogP contribution in [-0.4, -0.2) is 18.8 Å². The molecule has 3 rings (SSSR count). The van der Waals surface area contributed by atoms with Crippen molar-refractivity contribution in [2.45, 2.75) is 22.9 Å². The number of sulfone groups is 1.